The van der Waals surface area contributed by atoms with Crippen molar-refractivity contribution < 1.29 is 22.7 Å². The van der Waals surface area contributed by atoms with Crippen molar-refractivity contribution in [2.45, 2.75) is 31.3 Å². The maximum Gasteiger partial charge on any atom is 0.252 e. The summed E-state index contributed by atoms with van der Waals surface area (Å²) in [5.74, 6) is 0.278. The number of amides is 1. The van der Waals surface area contributed by atoms with Crippen LogP contribution < -0.4 is 10.1 Å². The Labute approximate surface area is 172 Å². The van der Waals surface area contributed by atoms with Crippen LogP contribution in [0, 0.1) is 0 Å². The maximum absolute atomic E-state index is 12.4. The Hall–Kier alpha value is -1.75. The quantitative estimate of drug-likeness (QED) is 0.639. The molecule has 0 bridgehead atoms. The minimum atomic E-state index is -3.18. The van der Waals surface area contributed by atoms with Gasteiger partial charge in [-0.1, -0.05) is 0 Å². The van der Waals surface area contributed by atoms with Crippen LogP contribution in [0.1, 0.15) is 29.6 Å². The summed E-state index contributed by atoms with van der Waals surface area (Å²) in [6.45, 7) is 3.64. The zero-order valence-corrected chi connectivity index (χ0v) is 17.9. The van der Waals surface area contributed by atoms with Gasteiger partial charge in [0.1, 0.15) is 0 Å². The molecule has 0 aromatic carbocycles. The number of nitrogens with one attached hydrogen (secondary N) is 1. The molecule has 0 aliphatic carbocycles. The molecular weight excluding hydrogens is 396 g/mol. The highest BCUT2D eigenvalue weighted by Crippen LogP contribution is 2.24. The van der Waals surface area contributed by atoms with E-state index in [1.165, 1.54) is 19.6 Å². The average molecular weight is 427 g/mol. The van der Waals surface area contributed by atoms with Crippen molar-refractivity contribution in [3.8, 4) is 5.88 Å². The van der Waals surface area contributed by atoms with Crippen molar-refractivity contribution in [3.05, 3.63) is 23.9 Å². The lowest BCUT2D eigenvalue weighted by atomic mass is 10.0. The Morgan fingerprint density at radius 1 is 1.31 bits per heavy atom. The number of aromatic nitrogens is 1. The minimum Gasteiger partial charge on any atom is -0.481 e. The van der Waals surface area contributed by atoms with Crippen molar-refractivity contribution in [3.63, 3.8) is 0 Å². The first kappa shape index (κ1) is 21.9. The van der Waals surface area contributed by atoms with E-state index in [1.807, 2.05) is 0 Å². The summed E-state index contributed by atoms with van der Waals surface area (Å²) in [4.78, 5) is 18.8. The molecule has 0 saturated carbocycles. The van der Waals surface area contributed by atoms with E-state index < -0.39 is 10.0 Å². The summed E-state index contributed by atoms with van der Waals surface area (Å²) >= 11 is 0. The molecule has 2 aliphatic heterocycles. The van der Waals surface area contributed by atoms with Gasteiger partial charge in [0.2, 0.25) is 15.9 Å². The molecule has 2 saturated heterocycles. The number of methoxy groups -OCH3 is 1. The van der Waals surface area contributed by atoms with Crippen molar-refractivity contribution in [2.24, 2.45) is 0 Å². The van der Waals surface area contributed by atoms with E-state index in [2.05, 4.69) is 15.2 Å². The van der Waals surface area contributed by atoms with Gasteiger partial charge in [-0.25, -0.2) is 17.7 Å². The molecule has 162 valence electrons. The summed E-state index contributed by atoms with van der Waals surface area (Å²) in [7, 11) is -1.65. The third-order valence-electron chi connectivity index (χ3n) is 5.59. The van der Waals surface area contributed by atoms with Crippen LogP contribution in [-0.4, -0.2) is 93.4 Å². The summed E-state index contributed by atoms with van der Waals surface area (Å²) in [6.07, 6.45) is 5.40. The first-order valence-electron chi connectivity index (χ1n) is 9.95. The van der Waals surface area contributed by atoms with Gasteiger partial charge in [-0.2, -0.15) is 0 Å². The molecule has 1 aromatic rings. The van der Waals surface area contributed by atoms with E-state index in [0.717, 1.165) is 19.3 Å². The van der Waals surface area contributed by atoms with Crippen LogP contribution >= 0.6 is 0 Å². The molecule has 1 atom stereocenters. The molecule has 1 amide bonds. The van der Waals surface area contributed by atoms with Crippen LogP contribution in [0.5, 0.6) is 5.88 Å². The second-order valence-corrected chi connectivity index (χ2v) is 9.47. The van der Waals surface area contributed by atoms with E-state index in [1.54, 1.807) is 16.4 Å². The van der Waals surface area contributed by atoms with Crippen molar-refractivity contribution in [1.29, 1.82) is 0 Å². The van der Waals surface area contributed by atoms with Gasteiger partial charge in [0.25, 0.3) is 5.91 Å². The Kier molecular flexibility index (Phi) is 7.44. The number of carbonyl (C=O) groups excluding carboxylic acids is 1. The molecule has 2 aliphatic rings. The fourth-order valence-electron chi connectivity index (χ4n) is 4.00. The van der Waals surface area contributed by atoms with Crippen molar-refractivity contribution >= 4 is 15.9 Å². The van der Waals surface area contributed by atoms with Crippen LogP contribution in [-0.2, 0) is 14.8 Å². The first-order valence-corrected chi connectivity index (χ1v) is 11.8. The number of pyridine rings is 1. The molecule has 10 heteroatoms. The number of nitrogens with zero attached hydrogens (tertiary/aromatic N) is 3. The average Bonchev–Trinajstić information content (AvgIpc) is 3.22. The van der Waals surface area contributed by atoms with E-state index in [9.17, 15) is 13.2 Å². The largest absolute Gasteiger partial charge is 0.481 e. The van der Waals surface area contributed by atoms with Crippen LogP contribution in [0.4, 0.5) is 0 Å². The Balaban J connectivity index is 1.59. The lowest BCUT2D eigenvalue weighted by molar-refractivity contribution is 0.0194. The number of hydrogen-bond acceptors (Lipinski definition) is 7. The number of sulfonamides is 1. The van der Waals surface area contributed by atoms with Gasteiger partial charge in [0.05, 0.1) is 18.9 Å². The lowest BCUT2D eigenvalue weighted by Gasteiger charge is -2.38. The molecular formula is C19H30N4O5S. The van der Waals surface area contributed by atoms with Crippen molar-refractivity contribution in [1.82, 2.24) is 19.5 Å². The predicted octanol–water partition coefficient (Wildman–Crippen LogP) is 0.335. The van der Waals surface area contributed by atoms with Gasteiger partial charge < -0.3 is 14.8 Å². The second kappa shape index (κ2) is 9.84. The third-order valence-corrected chi connectivity index (χ3v) is 6.86. The van der Waals surface area contributed by atoms with Crippen LogP contribution in [0.2, 0.25) is 0 Å². The fraction of sp³-hybridized carbons (Fsp3) is 0.684. The minimum absolute atomic E-state index is 0.160. The molecule has 1 N–H and O–H groups in total. The van der Waals surface area contributed by atoms with E-state index >= 15 is 0 Å². The molecule has 3 rings (SSSR count). The Bertz CT molecular complexity index is 780. The molecule has 29 heavy (non-hydrogen) atoms. The standard InChI is InChI=1S/C19H30N4O5S/c1-27-18-4-3-15(13-21-18)19(24)20-8-10-23(16-6-11-28-12-7-16)17-5-9-22(14-17)29(2,25)26/h3-4,13,16-17H,5-12,14H2,1-2H3,(H,20,24). The van der Waals surface area contributed by atoms with E-state index in [0.29, 0.717) is 56.9 Å². The Morgan fingerprint density at radius 3 is 2.66 bits per heavy atom. The topological polar surface area (TPSA) is 101 Å². The second-order valence-electron chi connectivity index (χ2n) is 7.49. The lowest BCUT2D eigenvalue weighted by Crippen LogP contribution is -2.50. The normalized spacial score (nSPS) is 21.4. The Morgan fingerprint density at radius 2 is 2.07 bits per heavy atom. The summed E-state index contributed by atoms with van der Waals surface area (Å²) in [5.41, 5.74) is 0.479. The zero-order valence-electron chi connectivity index (χ0n) is 17.0. The SMILES string of the molecule is COc1ccc(C(=O)NCCN(C2CCOCC2)C2CCN(S(C)(=O)=O)C2)cn1. The smallest absolute Gasteiger partial charge is 0.252 e. The molecule has 2 fully saturated rings. The monoisotopic (exact) mass is 426 g/mol. The molecule has 9 nitrogen and oxygen atoms in total. The van der Waals surface area contributed by atoms with E-state index in [4.69, 9.17) is 9.47 Å². The summed E-state index contributed by atoms with van der Waals surface area (Å²) < 4.78 is 35.8. The first-order chi connectivity index (χ1) is 13.9. The number of ether oxygens (including phenoxy) is 2. The van der Waals surface area contributed by atoms with Crippen LogP contribution in [0.3, 0.4) is 0 Å². The van der Waals surface area contributed by atoms with Gasteiger partial charge in [-0.05, 0) is 25.3 Å². The van der Waals surface area contributed by atoms with Crippen LogP contribution in [0.25, 0.3) is 0 Å². The maximum atomic E-state index is 12.4. The number of hydrogen-bond donors (Lipinski definition) is 1. The highest BCUT2D eigenvalue weighted by Gasteiger charge is 2.35. The molecule has 1 unspecified atom stereocenters. The van der Waals surface area contributed by atoms with Crippen LogP contribution in [0.15, 0.2) is 18.3 Å². The van der Waals surface area contributed by atoms with Gasteiger partial charge in [-0.3, -0.25) is 9.69 Å². The number of rotatable bonds is 8. The van der Waals surface area contributed by atoms with Gasteiger partial charge >= 0.3 is 0 Å². The molecule has 1 aromatic heterocycles. The third kappa shape index (κ3) is 5.88. The molecule has 0 spiro atoms. The van der Waals surface area contributed by atoms with Crippen molar-refractivity contribution in [2.75, 3.05) is 52.8 Å². The van der Waals surface area contributed by atoms with Gasteiger partial charge in [-0.15, -0.1) is 0 Å². The predicted molar refractivity (Wildman–Crippen MR) is 108 cm³/mol. The molecule has 3 heterocycles. The van der Waals surface area contributed by atoms with Gasteiger partial charge in [0, 0.05) is 63.7 Å². The summed E-state index contributed by atoms with van der Waals surface area (Å²) in [5, 5.41) is 2.95. The zero-order chi connectivity index (χ0) is 20.9. The van der Waals surface area contributed by atoms with Gasteiger partial charge in [0.15, 0.2) is 0 Å². The number of carbonyl (C=O) groups is 1. The van der Waals surface area contributed by atoms with E-state index in [-0.39, 0.29) is 11.9 Å². The highest BCUT2D eigenvalue weighted by atomic mass is 32.2. The highest BCUT2D eigenvalue weighted by molar-refractivity contribution is 7.88. The fourth-order valence-corrected chi connectivity index (χ4v) is 4.88. The molecule has 0 radical (unpaired) electrons. The summed E-state index contributed by atoms with van der Waals surface area (Å²) in [6, 6.07) is 3.83.